The van der Waals surface area contributed by atoms with E-state index in [0.717, 1.165) is 24.5 Å². The lowest BCUT2D eigenvalue weighted by Crippen LogP contribution is -2.39. The Morgan fingerprint density at radius 1 is 1.24 bits per heavy atom. The molecule has 132 valence electrons. The van der Waals surface area contributed by atoms with E-state index in [1.54, 1.807) is 0 Å². The van der Waals surface area contributed by atoms with E-state index in [4.69, 9.17) is 4.98 Å². The Balaban J connectivity index is 1.66. The zero-order valence-electron chi connectivity index (χ0n) is 14.9. The fourth-order valence-corrected chi connectivity index (χ4v) is 3.50. The third kappa shape index (κ3) is 3.47. The molecule has 4 rings (SSSR count). The number of benzene rings is 1. The lowest BCUT2D eigenvalue weighted by molar-refractivity contribution is 0.281. The van der Waals surface area contributed by atoms with Crippen molar-refractivity contribution in [1.82, 2.24) is 9.97 Å². The molecular formula is C20H26N4O. The topological polar surface area (TPSA) is 61.3 Å². The summed E-state index contributed by atoms with van der Waals surface area (Å²) in [6.07, 6.45) is 3.46. The molecule has 5 heteroatoms. The van der Waals surface area contributed by atoms with Gasteiger partial charge in [0.1, 0.15) is 5.82 Å². The molecule has 0 radical (unpaired) electrons. The van der Waals surface area contributed by atoms with Gasteiger partial charge >= 0.3 is 0 Å². The maximum Gasteiger partial charge on any atom is 0.225 e. The summed E-state index contributed by atoms with van der Waals surface area (Å²) in [4.78, 5) is 11.8. The third-order valence-electron chi connectivity index (χ3n) is 5.18. The maximum atomic E-state index is 9.33. The monoisotopic (exact) mass is 338 g/mol. The summed E-state index contributed by atoms with van der Waals surface area (Å²) < 4.78 is 0. The van der Waals surface area contributed by atoms with Gasteiger partial charge in [-0.1, -0.05) is 24.3 Å². The second kappa shape index (κ2) is 6.64. The van der Waals surface area contributed by atoms with Crippen molar-refractivity contribution in [3.63, 3.8) is 0 Å². The molecule has 2 heterocycles. The summed E-state index contributed by atoms with van der Waals surface area (Å²) in [7, 11) is 0. The van der Waals surface area contributed by atoms with E-state index in [9.17, 15) is 5.11 Å². The molecule has 25 heavy (non-hydrogen) atoms. The van der Waals surface area contributed by atoms with Gasteiger partial charge in [0.25, 0.3) is 0 Å². The molecule has 0 bridgehead atoms. The molecule has 0 amide bonds. The molecule has 5 nitrogen and oxygen atoms in total. The second-order valence-corrected chi connectivity index (χ2v) is 7.43. The first-order valence-corrected chi connectivity index (χ1v) is 9.24. The highest BCUT2D eigenvalue weighted by Crippen LogP contribution is 2.40. The van der Waals surface area contributed by atoms with Crippen LogP contribution >= 0.6 is 0 Å². The number of aliphatic hydroxyl groups is 1. The van der Waals surface area contributed by atoms with Crippen LogP contribution in [0.25, 0.3) is 0 Å². The van der Waals surface area contributed by atoms with Gasteiger partial charge in [0.2, 0.25) is 5.95 Å². The van der Waals surface area contributed by atoms with Crippen LogP contribution in [0.3, 0.4) is 0 Å². The minimum Gasteiger partial charge on any atom is -0.394 e. The fourth-order valence-electron chi connectivity index (χ4n) is 3.50. The van der Waals surface area contributed by atoms with Gasteiger partial charge in [-0.25, -0.2) is 4.98 Å². The largest absolute Gasteiger partial charge is 0.394 e. The number of hydrogen-bond acceptors (Lipinski definition) is 5. The molecule has 1 aromatic heterocycles. The highest BCUT2D eigenvalue weighted by Gasteiger charge is 2.29. The van der Waals surface area contributed by atoms with Gasteiger partial charge < -0.3 is 15.3 Å². The molecule has 1 aliphatic heterocycles. The zero-order valence-corrected chi connectivity index (χ0v) is 14.9. The first kappa shape index (κ1) is 16.3. The molecular weight excluding hydrogens is 312 g/mol. The van der Waals surface area contributed by atoms with Crippen molar-refractivity contribution >= 4 is 11.8 Å². The highest BCUT2D eigenvalue weighted by atomic mass is 16.3. The van der Waals surface area contributed by atoms with Crippen LogP contribution in [0.4, 0.5) is 11.8 Å². The van der Waals surface area contributed by atoms with Crippen molar-refractivity contribution in [3.05, 3.63) is 47.2 Å². The predicted octanol–water partition coefficient (Wildman–Crippen LogP) is 3.10. The average Bonchev–Trinajstić information content (AvgIpc) is 3.46. The summed E-state index contributed by atoms with van der Waals surface area (Å²) in [6, 6.07) is 11.2. The Morgan fingerprint density at radius 2 is 2.00 bits per heavy atom. The van der Waals surface area contributed by atoms with Crippen LogP contribution in [0.1, 0.15) is 49.4 Å². The van der Waals surface area contributed by atoms with Gasteiger partial charge in [0.15, 0.2) is 0 Å². The van der Waals surface area contributed by atoms with E-state index < -0.39 is 0 Å². The molecule has 2 N–H and O–H groups in total. The van der Waals surface area contributed by atoms with Gasteiger partial charge in [-0.15, -0.1) is 0 Å². The molecule has 1 aliphatic carbocycles. The van der Waals surface area contributed by atoms with E-state index in [-0.39, 0.29) is 12.6 Å². The van der Waals surface area contributed by atoms with Crippen molar-refractivity contribution in [1.29, 1.82) is 0 Å². The summed E-state index contributed by atoms with van der Waals surface area (Å²) in [6.45, 7) is 5.15. The van der Waals surface area contributed by atoms with Gasteiger partial charge in [-0.3, -0.25) is 0 Å². The number of rotatable bonds is 5. The smallest absolute Gasteiger partial charge is 0.225 e. The predicted molar refractivity (Wildman–Crippen MR) is 100.0 cm³/mol. The van der Waals surface area contributed by atoms with Crippen molar-refractivity contribution < 1.29 is 5.11 Å². The Hall–Kier alpha value is -2.14. The van der Waals surface area contributed by atoms with Crippen LogP contribution < -0.4 is 10.2 Å². The molecule has 2 aromatic rings. The second-order valence-electron chi connectivity index (χ2n) is 7.43. The number of aliphatic hydroxyl groups excluding tert-OH is 1. The normalized spacial score (nSPS) is 20.9. The first-order valence-electron chi connectivity index (χ1n) is 9.24. The Bertz CT molecular complexity index is 759. The van der Waals surface area contributed by atoms with Gasteiger partial charge in [-0.2, -0.15) is 4.98 Å². The lowest BCUT2D eigenvalue weighted by Gasteiger charge is -2.36. The fraction of sp³-hybridized carbons (Fsp3) is 0.500. The lowest BCUT2D eigenvalue weighted by atomic mass is 9.95. The summed E-state index contributed by atoms with van der Waals surface area (Å²) in [5, 5.41) is 12.6. The number of nitrogens with zero attached hydrogens (tertiary/aromatic N) is 3. The number of anilines is 2. The van der Waals surface area contributed by atoms with Crippen LogP contribution in [-0.4, -0.2) is 33.8 Å². The quantitative estimate of drug-likeness (QED) is 0.877. The number of hydrogen-bond donors (Lipinski definition) is 2. The Morgan fingerprint density at radius 3 is 2.72 bits per heavy atom. The molecule has 1 saturated carbocycles. The standard InChI is InChI=1S/C20H26N4O/c1-13(12-25)21-20-22-18(15-7-8-15)10-19(23-20)24-11-17-6-4-3-5-16(17)9-14(24)2/h3-6,10,13-15,25H,7-9,11-12H2,1-2H3,(H,21,22,23)/t13-,14-/m0/s1. The van der Waals surface area contributed by atoms with Crippen molar-refractivity contribution in [2.24, 2.45) is 0 Å². The maximum absolute atomic E-state index is 9.33. The van der Waals surface area contributed by atoms with E-state index in [0.29, 0.717) is 17.9 Å². The zero-order chi connectivity index (χ0) is 17.4. The number of fused-ring (bicyclic) bond motifs is 1. The van der Waals surface area contributed by atoms with Gasteiger partial charge in [-0.05, 0) is 44.2 Å². The van der Waals surface area contributed by atoms with Crippen molar-refractivity contribution in [2.45, 2.75) is 57.7 Å². The van der Waals surface area contributed by atoms with E-state index in [2.05, 4.69) is 52.5 Å². The molecule has 0 saturated heterocycles. The molecule has 0 spiro atoms. The van der Waals surface area contributed by atoms with Gasteiger partial charge in [0.05, 0.1) is 12.3 Å². The first-order chi connectivity index (χ1) is 12.1. The third-order valence-corrected chi connectivity index (χ3v) is 5.18. The number of nitrogens with one attached hydrogen (secondary N) is 1. The average molecular weight is 338 g/mol. The molecule has 2 aliphatic rings. The van der Waals surface area contributed by atoms with Crippen LogP contribution in [0.15, 0.2) is 30.3 Å². The minimum absolute atomic E-state index is 0.0539. The van der Waals surface area contributed by atoms with Crippen LogP contribution in [0.5, 0.6) is 0 Å². The Labute approximate surface area is 149 Å². The van der Waals surface area contributed by atoms with Crippen molar-refractivity contribution in [2.75, 3.05) is 16.8 Å². The van der Waals surface area contributed by atoms with Crippen LogP contribution in [0.2, 0.25) is 0 Å². The van der Waals surface area contributed by atoms with Crippen molar-refractivity contribution in [3.8, 4) is 0 Å². The van der Waals surface area contributed by atoms with E-state index in [1.165, 1.54) is 24.0 Å². The number of aromatic nitrogens is 2. The van der Waals surface area contributed by atoms with E-state index in [1.807, 2.05) is 6.92 Å². The SMILES string of the molecule is C[C@@H](CO)Nc1nc(C2CC2)cc(N2Cc3ccccc3C[C@@H]2C)n1. The van der Waals surface area contributed by atoms with Gasteiger partial charge in [0, 0.05) is 30.6 Å². The molecule has 2 atom stereocenters. The summed E-state index contributed by atoms with van der Waals surface area (Å²) >= 11 is 0. The summed E-state index contributed by atoms with van der Waals surface area (Å²) in [5.41, 5.74) is 3.95. The van der Waals surface area contributed by atoms with E-state index >= 15 is 0 Å². The summed E-state index contributed by atoms with van der Waals surface area (Å²) in [5.74, 6) is 2.19. The Kier molecular flexibility index (Phi) is 4.34. The molecule has 0 unspecified atom stereocenters. The van der Waals surface area contributed by atoms with Crippen LogP contribution in [0, 0.1) is 0 Å². The minimum atomic E-state index is -0.0539. The highest BCUT2D eigenvalue weighted by molar-refractivity contribution is 5.50. The molecule has 1 aromatic carbocycles. The molecule has 1 fully saturated rings. The van der Waals surface area contributed by atoms with Crippen LogP contribution in [-0.2, 0) is 13.0 Å².